The lowest BCUT2D eigenvalue weighted by Crippen LogP contribution is -2.45. The average molecular weight is 446 g/mol. The van der Waals surface area contributed by atoms with E-state index in [1.807, 2.05) is 4.90 Å². The topological polar surface area (TPSA) is 130 Å². The van der Waals surface area contributed by atoms with Crippen molar-refractivity contribution < 1.29 is 33.7 Å². The van der Waals surface area contributed by atoms with Crippen molar-refractivity contribution in [1.82, 2.24) is 9.80 Å². The van der Waals surface area contributed by atoms with Gasteiger partial charge in [-0.05, 0) is 17.7 Å². The van der Waals surface area contributed by atoms with Gasteiger partial charge in [0, 0.05) is 32.2 Å². The first-order valence-corrected chi connectivity index (χ1v) is 10.1. The molecule has 1 aromatic carbocycles. The zero-order valence-electron chi connectivity index (χ0n) is 17.9. The lowest BCUT2D eigenvalue weighted by Gasteiger charge is -2.32. The van der Waals surface area contributed by atoms with Gasteiger partial charge in [0.05, 0.1) is 33.1 Å². The number of esters is 1. The van der Waals surface area contributed by atoms with E-state index in [0.29, 0.717) is 44.0 Å². The fourth-order valence-electron chi connectivity index (χ4n) is 3.64. The first-order chi connectivity index (χ1) is 15.4. The number of amides is 1. The number of rotatable bonds is 8. The maximum atomic E-state index is 12.5. The molecule has 1 amide bonds. The molecular weight excluding hydrogens is 420 g/mol. The number of aromatic hydroxyl groups is 2. The summed E-state index contributed by atoms with van der Waals surface area (Å²) in [5, 5.41) is 20.4. The van der Waals surface area contributed by atoms with E-state index >= 15 is 0 Å². The van der Waals surface area contributed by atoms with Gasteiger partial charge in [-0.3, -0.25) is 19.3 Å². The summed E-state index contributed by atoms with van der Waals surface area (Å²) >= 11 is 0. The van der Waals surface area contributed by atoms with E-state index in [-0.39, 0.29) is 23.7 Å². The molecule has 32 heavy (non-hydrogen) atoms. The molecule has 172 valence electrons. The summed E-state index contributed by atoms with van der Waals surface area (Å²) < 4.78 is 15.9. The molecule has 0 spiro atoms. The summed E-state index contributed by atoms with van der Waals surface area (Å²) in [5.41, 5.74) is -0.145. The quantitative estimate of drug-likeness (QED) is 0.451. The average Bonchev–Trinajstić information content (AvgIpc) is 2.80. The Morgan fingerprint density at radius 3 is 2.53 bits per heavy atom. The molecule has 2 N–H and O–H groups in total. The van der Waals surface area contributed by atoms with Gasteiger partial charge in [0.25, 0.3) is 0 Å². The maximum Gasteiger partial charge on any atom is 0.306 e. The Hall–Kier alpha value is -3.53. The number of piperazine rings is 1. The summed E-state index contributed by atoms with van der Waals surface area (Å²) in [5.74, 6) is -1.69. The van der Waals surface area contributed by atoms with Crippen LogP contribution in [0.2, 0.25) is 0 Å². The molecule has 1 fully saturated rings. The van der Waals surface area contributed by atoms with Crippen molar-refractivity contribution in [3.63, 3.8) is 0 Å². The highest BCUT2D eigenvalue weighted by Gasteiger charge is 2.28. The van der Waals surface area contributed by atoms with E-state index in [2.05, 4.69) is 0 Å². The zero-order valence-corrected chi connectivity index (χ0v) is 17.9. The standard InChI is InChI=1S/C22H26N2O8/c1-30-19-9-14(3-4-17(19)26)16(11-20(28)31-2)22-21(29)18(27)10-15(32-22)12-23-5-7-24(13-25)8-6-23/h3-4,9-10,13,16,26,29H,5-8,11-12H2,1-2H3/t16-/m0/s1. The summed E-state index contributed by atoms with van der Waals surface area (Å²) in [4.78, 5) is 39.2. The van der Waals surface area contributed by atoms with E-state index < -0.39 is 23.1 Å². The lowest BCUT2D eigenvalue weighted by molar-refractivity contribution is -0.141. The zero-order chi connectivity index (χ0) is 23.3. The van der Waals surface area contributed by atoms with Crippen LogP contribution in [-0.4, -0.2) is 72.8 Å². The Balaban J connectivity index is 1.97. The van der Waals surface area contributed by atoms with Gasteiger partial charge in [-0.2, -0.15) is 0 Å². The molecule has 1 aliphatic heterocycles. The predicted octanol–water partition coefficient (Wildman–Crippen LogP) is 1.03. The van der Waals surface area contributed by atoms with Crippen molar-refractivity contribution in [2.24, 2.45) is 0 Å². The van der Waals surface area contributed by atoms with Crippen LogP contribution in [0.1, 0.15) is 29.4 Å². The van der Waals surface area contributed by atoms with E-state index in [1.165, 1.54) is 32.4 Å². The molecule has 2 aromatic rings. The molecule has 0 aliphatic carbocycles. The predicted molar refractivity (Wildman–Crippen MR) is 113 cm³/mol. The molecule has 0 bridgehead atoms. The Kier molecular flexibility index (Phi) is 7.37. The third kappa shape index (κ3) is 5.20. The number of benzene rings is 1. The fourth-order valence-corrected chi connectivity index (χ4v) is 3.64. The monoisotopic (exact) mass is 446 g/mol. The summed E-state index contributed by atoms with van der Waals surface area (Å²) in [7, 11) is 2.62. The van der Waals surface area contributed by atoms with Crippen LogP contribution < -0.4 is 10.2 Å². The molecule has 1 saturated heterocycles. The van der Waals surface area contributed by atoms with Crippen LogP contribution in [0.5, 0.6) is 17.2 Å². The van der Waals surface area contributed by atoms with Gasteiger partial charge >= 0.3 is 5.97 Å². The van der Waals surface area contributed by atoms with Gasteiger partial charge in [-0.1, -0.05) is 6.07 Å². The number of ether oxygens (including phenoxy) is 2. The Bertz CT molecular complexity index is 1030. The molecule has 0 radical (unpaired) electrons. The van der Waals surface area contributed by atoms with Gasteiger partial charge in [0.15, 0.2) is 17.3 Å². The first-order valence-electron chi connectivity index (χ1n) is 10.1. The van der Waals surface area contributed by atoms with Crippen LogP contribution >= 0.6 is 0 Å². The Morgan fingerprint density at radius 2 is 1.91 bits per heavy atom. The lowest BCUT2D eigenvalue weighted by atomic mass is 9.92. The number of nitrogens with zero attached hydrogens (tertiary/aromatic N) is 2. The van der Waals surface area contributed by atoms with E-state index in [9.17, 15) is 24.6 Å². The smallest absolute Gasteiger partial charge is 0.306 e. The molecule has 3 rings (SSSR count). The van der Waals surface area contributed by atoms with Gasteiger partial charge < -0.3 is 29.0 Å². The molecular formula is C22H26N2O8. The van der Waals surface area contributed by atoms with Gasteiger partial charge in [-0.25, -0.2) is 0 Å². The molecule has 10 nitrogen and oxygen atoms in total. The number of methoxy groups -OCH3 is 2. The van der Waals surface area contributed by atoms with Crippen LogP contribution in [0.4, 0.5) is 0 Å². The Labute approximate surface area is 184 Å². The summed E-state index contributed by atoms with van der Waals surface area (Å²) in [6.45, 7) is 2.66. The second kappa shape index (κ2) is 10.2. The largest absolute Gasteiger partial charge is 0.504 e. The number of carbonyl (C=O) groups is 2. The first kappa shape index (κ1) is 23.1. The van der Waals surface area contributed by atoms with Crippen molar-refractivity contribution in [2.75, 3.05) is 40.4 Å². The van der Waals surface area contributed by atoms with Gasteiger partial charge in [0.2, 0.25) is 17.6 Å². The van der Waals surface area contributed by atoms with Crippen LogP contribution in [0.3, 0.4) is 0 Å². The molecule has 0 saturated carbocycles. The molecule has 10 heteroatoms. The van der Waals surface area contributed by atoms with E-state index in [1.54, 1.807) is 11.0 Å². The van der Waals surface area contributed by atoms with Crippen molar-refractivity contribution >= 4 is 12.4 Å². The number of carbonyl (C=O) groups excluding carboxylic acids is 2. The van der Waals surface area contributed by atoms with Crippen molar-refractivity contribution in [2.45, 2.75) is 18.9 Å². The van der Waals surface area contributed by atoms with Crippen LogP contribution in [-0.2, 0) is 20.9 Å². The number of hydrogen-bond acceptors (Lipinski definition) is 9. The highest BCUT2D eigenvalue weighted by Crippen LogP contribution is 2.37. The van der Waals surface area contributed by atoms with Crippen LogP contribution in [0, 0.1) is 0 Å². The minimum atomic E-state index is -0.850. The highest BCUT2D eigenvalue weighted by atomic mass is 16.5. The summed E-state index contributed by atoms with van der Waals surface area (Å²) in [6.07, 6.45) is 0.599. The van der Waals surface area contributed by atoms with E-state index in [0.717, 1.165) is 6.41 Å². The molecule has 0 unspecified atom stereocenters. The second-order valence-electron chi connectivity index (χ2n) is 7.47. The van der Waals surface area contributed by atoms with Crippen molar-refractivity contribution in [1.29, 1.82) is 0 Å². The third-order valence-corrected chi connectivity index (χ3v) is 5.46. The van der Waals surface area contributed by atoms with Crippen molar-refractivity contribution in [3.05, 3.63) is 51.6 Å². The number of hydrogen-bond donors (Lipinski definition) is 2. The minimum Gasteiger partial charge on any atom is -0.504 e. The van der Waals surface area contributed by atoms with Crippen LogP contribution in [0.15, 0.2) is 33.5 Å². The Morgan fingerprint density at radius 1 is 1.19 bits per heavy atom. The second-order valence-corrected chi connectivity index (χ2v) is 7.47. The third-order valence-electron chi connectivity index (χ3n) is 5.46. The highest BCUT2D eigenvalue weighted by molar-refractivity contribution is 5.71. The fraction of sp³-hybridized carbons (Fsp3) is 0.409. The number of phenolic OH excluding ortho intramolecular Hbond substituents is 1. The molecule has 1 atom stereocenters. The summed E-state index contributed by atoms with van der Waals surface area (Å²) in [6, 6.07) is 5.67. The molecule has 1 aromatic heterocycles. The number of phenols is 1. The SMILES string of the molecule is COC(=O)C[C@@H](c1ccc(O)c(OC)c1)c1oc(CN2CCN(C=O)CC2)cc(=O)c1O. The van der Waals surface area contributed by atoms with Crippen molar-refractivity contribution in [3.8, 4) is 17.2 Å². The molecule has 2 heterocycles. The normalized spacial score (nSPS) is 15.2. The maximum absolute atomic E-state index is 12.5. The van der Waals surface area contributed by atoms with Gasteiger partial charge in [-0.15, -0.1) is 0 Å². The minimum absolute atomic E-state index is 0.0721. The van der Waals surface area contributed by atoms with E-state index in [4.69, 9.17) is 13.9 Å². The molecule has 1 aliphatic rings. The van der Waals surface area contributed by atoms with Gasteiger partial charge in [0.1, 0.15) is 5.76 Å². The van der Waals surface area contributed by atoms with Crippen LogP contribution in [0.25, 0.3) is 0 Å².